The molecule has 0 radical (unpaired) electrons. The topological polar surface area (TPSA) is 33.2 Å². The monoisotopic (exact) mass is 248 g/mol. The Morgan fingerprint density at radius 2 is 1.61 bits per heavy atom. The molecule has 18 heavy (non-hydrogen) atoms. The van der Waals surface area contributed by atoms with E-state index in [0.717, 1.165) is 12.5 Å². The van der Waals surface area contributed by atoms with Crippen molar-refractivity contribution in [1.29, 1.82) is 0 Å². The molecule has 0 aliphatic heterocycles. The van der Waals surface area contributed by atoms with Crippen molar-refractivity contribution in [1.82, 2.24) is 0 Å². The maximum Gasteiger partial charge on any atom is 0.125 e. The lowest BCUT2D eigenvalue weighted by Gasteiger charge is -2.19. The van der Waals surface area contributed by atoms with Gasteiger partial charge >= 0.3 is 0 Å². The summed E-state index contributed by atoms with van der Waals surface area (Å²) in [6.07, 6.45) is 7.37. The second-order valence-electron chi connectivity index (χ2n) is 5.58. The highest BCUT2D eigenvalue weighted by molar-refractivity contribution is 5.12. The Morgan fingerprint density at radius 1 is 0.889 bits per heavy atom. The van der Waals surface area contributed by atoms with Crippen LogP contribution in [0.1, 0.15) is 37.7 Å². The molecule has 1 fully saturated rings. The Labute approximate surface area is 111 Å². The van der Waals surface area contributed by atoms with Gasteiger partial charge in [0, 0.05) is 11.5 Å². The zero-order chi connectivity index (χ0) is 12.5. The van der Waals surface area contributed by atoms with Crippen LogP contribution in [-0.4, -0.2) is 19.6 Å². The Bertz CT molecular complexity index is 304. The van der Waals surface area contributed by atoms with Crippen LogP contribution in [0.4, 0.5) is 0 Å². The predicted octanol–water partition coefficient (Wildman–Crippen LogP) is 0.894. The molecule has 1 aromatic carbocycles. The van der Waals surface area contributed by atoms with E-state index in [1.54, 1.807) is 0 Å². The van der Waals surface area contributed by atoms with E-state index in [9.17, 15) is 0 Å². The molecule has 1 aliphatic rings. The molecular weight excluding hydrogens is 220 g/mol. The second kappa shape index (κ2) is 8.28. The van der Waals surface area contributed by atoms with Crippen molar-refractivity contribution < 1.29 is 10.6 Å². The van der Waals surface area contributed by atoms with Crippen LogP contribution in [0.15, 0.2) is 30.3 Å². The number of nitrogens with two attached hydrogens (primary N) is 2. The van der Waals surface area contributed by atoms with Crippen molar-refractivity contribution in [2.75, 3.05) is 19.6 Å². The molecule has 1 saturated carbocycles. The Kier molecular flexibility index (Phi) is 6.24. The molecule has 2 nitrogen and oxygen atoms in total. The fourth-order valence-electron chi connectivity index (χ4n) is 2.89. The van der Waals surface area contributed by atoms with Gasteiger partial charge < -0.3 is 10.6 Å². The van der Waals surface area contributed by atoms with Gasteiger partial charge in [-0.05, 0) is 12.8 Å². The van der Waals surface area contributed by atoms with Crippen LogP contribution in [0.3, 0.4) is 0 Å². The lowest BCUT2D eigenvalue weighted by atomic mass is 9.89. The van der Waals surface area contributed by atoms with Gasteiger partial charge in [0.05, 0.1) is 6.54 Å². The van der Waals surface area contributed by atoms with Gasteiger partial charge in [0.2, 0.25) is 0 Å². The summed E-state index contributed by atoms with van der Waals surface area (Å²) in [5, 5.41) is 4.95. The SMILES string of the molecule is c1ccc(C[NH2+]CC[NH2+]CC2CCCCC2)cc1. The van der Waals surface area contributed by atoms with Gasteiger partial charge in [0.25, 0.3) is 0 Å². The van der Waals surface area contributed by atoms with Gasteiger partial charge in [-0.2, -0.15) is 0 Å². The maximum atomic E-state index is 2.53. The first kappa shape index (κ1) is 13.6. The molecular formula is C16H28N2+2. The Morgan fingerprint density at radius 3 is 2.39 bits per heavy atom. The van der Waals surface area contributed by atoms with E-state index in [0.29, 0.717) is 0 Å². The molecule has 0 heterocycles. The lowest BCUT2D eigenvalue weighted by Crippen LogP contribution is -2.94. The molecule has 1 aliphatic carbocycles. The van der Waals surface area contributed by atoms with Gasteiger partial charge in [-0.3, -0.25) is 0 Å². The van der Waals surface area contributed by atoms with Gasteiger partial charge in [-0.1, -0.05) is 49.6 Å². The van der Waals surface area contributed by atoms with E-state index in [2.05, 4.69) is 41.0 Å². The summed E-state index contributed by atoms with van der Waals surface area (Å²) in [6.45, 7) is 4.99. The highest BCUT2D eigenvalue weighted by Crippen LogP contribution is 2.21. The zero-order valence-corrected chi connectivity index (χ0v) is 11.5. The molecule has 0 saturated heterocycles. The lowest BCUT2D eigenvalue weighted by molar-refractivity contribution is -0.733. The minimum absolute atomic E-state index is 1.01. The number of benzene rings is 1. The molecule has 100 valence electrons. The summed E-state index contributed by atoms with van der Waals surface area (Å²) in [4.78, 5) is 0. The van der Waals surface area contributed by atoms with Gasteiger partial charge in [0.1, 0.15) is 19.6 Å². The molecule has 0 aromatic heterocycles. The summed E-state index contributed by atoms with van der Waals surface area (Å²) in [7, 11) is 0. The highest BCUT2D eigenvalue weighted by Gasteiger charge is 2.14. The van der Waals surface area contributed by atoms with E-state index in [1.807, 2.05) is 0 Å². The number of rotatable bonds is 7. The summed E-state index contributed by atoms with van der Waals surface area (Å²) >= 11 is 0. The molecule has 0 atom stereocenters. The van der Waals surface area contributed by atoms with Gasteiger partial charge in [-0.15, -0.1) is 0 Å². The molecule has 2 rings (SSSR count). The Balaban J connectivity index is 1.46. The minimum Gasteiger partial charge on any atom is -0.341 e. The van der Waals surface area contributed by atoms with E-state index in [4.69, 9.17) is 0 Å². The highest BCUT2D eigenvalue weighted by atomic mass is 14.9. The van der Waals surface area contributed by atoms with Crippen molar-refractivity contribution in [3.05, 3.63) is 35.9 Å². The number of hydrogen-bond donors (Lipinski definition) is 2. The van der Waals surface area contributed by atoms with Crippen molar-refractivity contribution in [2.24, 2.45) is 5.92 Å². The molecule has 0 unspecified atom stereocenters. The van der Waals surface area contributed by atoms with Gasteiger partial charge in [-0.25, -0.2) is 0 Å². The zero-order valence-electron chi connectivity index (χ0n) is 11.5. The standard InChI is InChI=1S/C16H26N2/c1-3-7-15(8-4-1)13-17-11-12-18-14-16-9-5-2-6-10-16/h1,3-4,7-8,16-18H,2,5-6,9-14H2/p+2. The van der Waals surface area contributed by atoms with E-state index >= 15 is 0 Å². The fourth-order valence-corrected chi connectivity index (χ4v) is 2.89. The summed E-state index contributed by atoms with van der Waals surface area (Å²) < 4.78 is 0. The van der Waals surface area contributed by atoms with Crippen molar-refractivity contribution in [3.8, 4) is 0 Å². The molecule has 2 heteroatoms. The average Bonchev–Trinajstić information content (AvgIpc) is 2.45. The van der Waals surface area contributed by atoms with Crippen LogP contribution in [0, 0.1) is 5.92 Å². The first-order valence-electron chi connectivity index (χ1n) is 7.62. The van der Waals surface area contributed by atoms with Crippen molar-refractivity contribution in [2.45, 2.75) is 38.6 Å². The van der Waals surface area contributed by atoms with Crippen LogP contribution >= 0.6 is 0 Å². The predicted molar refractivity (Wildman–Crippen MR) is 75.2 cm³/mol. The van der Waals surface area contributed by atoms with E-state index in [1.165, 1.54) is 57.3 Å². The number of hydrogen-bond acceptors (Lipinski definition) is 0. The molecule has 0 amide bonds. The summed E-state index contributed by atoms with van der Waals surface area (Å²) in [5.41, 5.74) is 1.43. The first-order chi connectivity index (χ1) is 8.95. The van der Waals surface area contributed by atoms with Crippen LogP contribution < -0.4 is 10.6 Å². The van der Waals surface area contributed by atoms with Crippen LogP contribution in [0.2, 0.25) is 0 Å². The van der Waals surface area contributed by atoms with Crippen molar-refractivity contribution >= 4 is 0 Å². The third-order valence-electron chi connectivity index (χ3n) is 4.02. The summed E-state index contributed by atoms with van der Waals surface area (Å²) in [6, 6.07) is 10.8. The van der Waals surface area contributed by atoms with Crippen molar-refractivity contribution in [3.63, 3.8) is 0 Å². The third-order valence-corrected chi connectivity index (χ3v) is 4.02. The Hall–Kier alpha value is -0.860. The maximum absolute atomic E-state index is 2.53. The summed E-state index contributed by atoms with van der Waals surface area (Å²) in [5.74, 6) is 1.01. The van der Waals surface area contributed by atoms with Gasteiger partial charge in [0.15, 0.2) is 0 Å². The van der Waals surface area contributed by atoms with Crippen LogP contribution in [-0.2, 0) is 6.54 Å². The molecule has 4 N–H and O–H groups in total. The normalized spacial score (nSPS) is 16.9. The smallest absolute Gasteiger partial charge is 0.125 e. The third kappa shape index (κ3) is 5.19. The molecule has 1 aromatic rings. The van der Waals surface area contributed by atoms with E-state index < -0.39 is 0 Å². The number of quaternary nitrogens is 2. The average molecular weight is 248 g/mol. The first-order valence-corrected chi connectivity index (χ1v) is 7.62. The largest absolute Gasteiger partial charge is 0.341 e. The molecule has 0 spiro atoms. The van der Waals surface area contributed by atoms with Crippen LogP contribution in [0.25, 0.3) is 0 Å². The van der Waals surface area contributed by atoms with E-state index in [-0.39, 0.29) is 0 Å². The molecule has 0 bridgehead atoms. The second-order valence-corrected chi connectivity index (χ2v) is 5.58. The minimum atomic E-state index is 1.01. The quantitative estimate of drug-likeness (QED) is 0.672. The fraction of sp³-hybridized carbons (Fsp3) is 0.625. The van der Waals surface area contributed by atoms with Crippen LogP contribution in [0.5, 0.6) is 0 Å².